The van der Waals surface area contributed by atoms with E-state index in [1.165, 1.54) is 6.07 Å². The summed E-state index contributed by atoms with van der Waals surface area (Å²) >= 11 is 0. The molecule has 3 heteroatoms. The second-order valence-electron chi connectivity index (χ2n) is 3.72. The van der Waals surface area contributed by atoms with Gasteiger partial charge in [-0.05, 0) is 18.6 Å². The Morgan fingerprint density at radius 2 is 2.00 bits per heavy atom. The molecule has 17 heavy (non-hydrogen) atoms. The molecule has 0 spiro atoms. The number of rotatable bonds is 4. The maximum Gasteiger partial charge on any atom is 0.131 e. The normalized spacial score (nSPS) is 10.2. The van der Waals surface area contributed by atoms with E-state index in [0.29, 0.717) is 18.4 Å². The molecule has 1 aromatic heterocycles. The van der Waals surface area contributed by atoms with Gasteiger partial charge in [-0.25, -0.2) is 4.39 Å². The van der Waals surface area contributed by atoms with Crippen molar-refractivity contribution in [1.82, 2.24) is 4.98 Å². The first kappa shape index (κ1) is 11.5. The molecule has 0 bridgehead atoms. The third-order valence-corrected chi connectivity index (χ3v) is 2.53. The second kappa shape index (κ2) is 5.34. The SMILES string of the molecule is O=CCCc1ccc(-c2ccccc2F)cn1. The molecule has 0 aliphatic carbocycles. The van der Waals surface area contributed by atoms with Gasteiger partial charge in [0.25, 0.3) is 0 Å². The summed E-state index contributed by atoms with van der Waals surface area (Å²) in [7, 11) is 0. The number of benzene rings is 1. The van der Waals surface area contributed by atoms with Crippen LogP contribution in [0, 0.1) is 5.82 Å². The van der Waals surface area contributed by atoms with Gasteiger partial charge < -0.3 is 4.79 Å². The van der Waals surface area contributed by atoms with Gasteiger partial charge in [0.1, 0.15) is 12.1 Å². The van der Waals surface area contributed by atoms with Crippen molar-refractivity contribution >= 4 is 6.29 Å². The van der Waals surface area contributed by atoms with E-state index in [2.05, 4.69) is 4.98 Å². The number of aromatic nitrogens is 1. The number of carbonyl (C=O) groups excluding carboxylic acids is 1. The van der Waals surface area contributed by atoms with Gasteiger partial charge in [-0.15, -0.1) is 0 Å². The highest BCUT2D eigenvalue weighted by molar-refractivity contribution is 5.63. The van der Waals surface area contributed by atoms with Crippen molar-refractivity contribution in [2.45, 2.75) is 12.8 Å². The molecule has 0 saturated heterocycles. The van der Waals surface area contributed by atoms with Gasteiger partial charge in [0, 0.05) is 29.4 Å². The third kappa shape index (κ3) is 2.75. The maximum atomic E-state index is 13.5. The minimum absolute atomic E-state index is 0.255. The minimum Gasteiger partial charge on any atom is -0.303 e. The molecule has 1 aromatic carbocycles. The number of pyridine rings is 1. The molecule has 86 valence electrons. The Labute approximate surface area is 99.1 Å². The zero-order valence-electron chi connectivity index (χ0n) is 9.27. The second-order valence-corrected chi connectivity index (χ2v) is 3.72. The number of aldehydes is 1. The molecule has 2 aromatic rings. The van der Waals surface area contributed by atoms with Crippen LogP contribution in [0.25, 0.3) is 11.1 Å². The van der Waals surface area contributed by atoms with Crippen molar-refractivity contribution in [2.24, 2.45) is 0 Å². The zero-order chi connectivity index (χ0) is 12.1. The Morgan fingerprint density at radius 1 is 1.18 bits per heavy atom. The molecular formula is C14H12FNO. The van der Waals surface area contributed by atoms with Gasteiger partial charge in [0.15, 0.2) is 0 Å². The number of hydrogen-bond donors (Lipinski definition) is 0. The highest BCUT2D eigenvalue weighted by Gasteiger charge is 2.04. The van der Waals surface area contributed by atoms with Crippen LogP contribution in [0.5, 0.6) is 0 Å². The first-order chi connectivity index (χ1) is 8.31. The molecule has 1 heterocycles. The lowest BCUT2D eigenvalue weighted by Gasteiger charge is -2.03. The van der Waals surface area contributed by atoms with E-state index in [1.54, 1.807) is 24.4 Å². The van der Waals surface area contributed by atoms with E-state index in [0.717, 1.165) is 17.5 Å². The summed E-state index contributed by atoms with van der Waals surface area (Å²) in [5.74, 6) is -0.255. The Hall–Kier alpha value is -2.03. The van der Waals surface area contributed by atoms with Crippen LogP contribution in [0.3, 0.4) is 0 Å². The van der Waals surface area contributed by atoms with E-state index in [9.17, 15) is 9.18 Å². The molecule has 0 unspecified atom stereocenters. The van der Waals surface area contributed by atoms with E-state index in [-0.39, 0.29) is 5.82 Å². The molecule has 0 amide bonds. The van der Waals surface area contributed by atoms with Crippen molar-refractivity contribution < 1.29 is 9.18 Å². The number of nitrogens with zero attached hydrogens (tertiary/aromatic N) is 1. The van der Waals surface area contributed by atoms with Crippen LogP contribution in [-0.4, -0.2) is 11.3 Å². The van der Waals surface area contributed by atoms with Crippen molar-refractivity contribution in [3.63, 3.8) is 0 Å². The van der Waals surface area contributed by atoms with Gasteiger partial charge in [0.2, 0.25) is 0 Å². The smallest absolute Gasteiger partial charge is 0.131 e. The summed E-state index contributed by atoms with van der Waals surface area (Å²) in [4.78, 5) is 14.4. The third-order valence-electron chi connectivity index (χ3n) is 2.53. The number of aryl methyl sites for hydroxylation is 1. The predicted molar refractivity (Wildman–Crippen MR) is 64.0 cm³/mol. The first-order valence-electron chi connectivity index (χ1n) is 5.45. The average Bonchev–Trinajstić information content (AvgIpc) is 2.38. The van der Waals surface area contributed by atoms with Crippen molar-refractivity contribution in [2.75, 3.05) is 0 Å². The lowest BCUT2D eigenvalue weighted by molar-refractivity contribution is -0.107. The van der Waals surface area contributed by atoms with Crippen LogP contribution in [-0.2, 0) is 11.2 Å². The summed E-state index contributed by atoms with van der Waals surface area (Å²) in [6, 6.07) is 10.2. The fourth-order valence-corrected chi connectivity index (χ4v) is 1.63. The highest BCUT2D eigenvalue weighted by Crippen LogP contribution is 2.21. The predicted octanol–water partition coefficient (Wildman–Crippen LogP) is 3.02. The van der Waals surface area contributed by atoms with E-state index in [1.807, 2.05) is 12.1 Å². The molecule has 0 aliphatic rings. The Balaban J connectivity index is 2.23. The lowest BCUT2D eigenvalue weighted by atomic mass is 10.1. The van der Waals surface area contributed by atoms with Gasteiger partial charge in [-0.3, -0.25) is 4.98 Å². The molecule has 2 nitrogen and oxygen atoms in total. The summed E-state index contributed by atoms with van der Waals surface area (Å²) in [5, 5.41) is 0. The van der Waals surface area contributed by atoms with Crippen molar-refractivity contribution in [3.8, 4) is 11.1 Å². The molecule has 0 aliphatic heterocycles. The molecule has 0 fully saturated rings. The van der Waals surface area contributed by atoms with Crippen molar-refractivity contribution in [3.05, 3.63) is 54.1 Å². The van der Waals surface area contributed by atoms with Gasteiger partial charge in [-0.1, -0.05) is 24.3 Å². The fraction of sp³-hybridized carbons (Fsp3) is 0.143. The summed E-state index contributed by atoms with van der Waals surface area (Å²) in [6.07, 6.45) is 3.60. The maximum absolute atomic E-state index is 13.5. The highest BCUT2D eigenvalue weighted by atomic mass is 19.1. The molecule has 2 rings (SSSR count). The first-order valence-corrected chi connectivity index (χ1v) is 5.45. The summed E-state index contributed by atoms with van der Waals surface area (Å²) in [5.41, 5.74) is 2.14. The molecule has 0 atom stereocenters. The topological polar surface area (TPSA) is 30.0 Å². The van der Waals surface area contributed by atoms with Gasteiger partial charge >= 0.3 is 0 Å². The van der Waals surface area contributed by atoms with Gasteiger partial charge in [0.05, 0.1) is 0 Å². The van der Waals surface area contributed by atoms with Crippen LogP contribution >= 0.6 is 0 Å². The Bertz CT molecular complexity index is 508. The van der Waals surface area contributed by atoms with Crippen molar-refractivity contribution in [1.29, 1.82) is 0 Å². The van der Waals surface area contributed by atoms with Gasteiger partial charge in [-0.2, -0.15) is 0 Å². The quantitative estimate of drug-likeness (QED) is 0.754. The van der Waals surface area contributed by atoms with Crippen LogP contribution in [0.1, 0.15) is 12.1 Å². The van der Waals surface area contributed by atoms with Crippen LogP contribution in [0.2, 0.25) is 0 Å². The Morgan fingerprint density at radius 3 is 2.65 bits per heavy atom. The minimum atomic E-state index is -0.255. The van der Waals surface area contributed by atoms with E-state index >= 15 is 0 Å². The molecule has 0 saturated carbocycles. The monoisotopic (exact) mass is 229 g/mol. The molecule has 0 N–H and O–H groups in total. The molecule has 0 radical (unpaired) electrons. The number of hydrogen-bond acceptors (Lipinski definition) is 2. The zero-order valence-corrected chi connectivity index (χ0v) is 9.27. The fourth-order valence-electron chi connectivity index (χ4n) is 1.63. The Kier molecular flexibility index (Phi) is 3.60. The standard InChI is InChI=1S/C14H12FNO/c15-14-6-2-1-5-13(14)11-7-8-12(16-10-11)4-3-9-17/h1-2,5-10H,3-4H2. The van der Waals surface area contributed by atoms with E-state index in [4.69, 9.17) is 0 Å². The van der Waals surface area contributed by atoms with Crippen LogP contribution < -0.4 is 0 Å². The lowest BCUT2D eigenvalue weighted by Crippen LogP contribution is -1.92. The molecular weight excluding hydrogens is 217 g/mol. The van der Waals surface area contributed by atoms with Crippen LogP contribution in [0.4, 0.5) is 4.39 Å². The number of carbonyl (C=O) groups is 1. The average molecular weight is 229 g/mol. The largest absolute Gasteiger partial charge is 0.303 e. The number of halogens is 1. The van der Waals surface area contributed by atoms with E-state index < -0.39 is 0 Å². The van der Waals surface area contributed by atoms with Crippen LogP contribution in [0.15, 0.2) is 42.6 Å². The summed E-state index contributed by atoms with van der Waals surface area (Å²) < 4.78 is 13.5. The summed E-state index contributed by atoms with van der Waals surface area (Å²) in [6.45, 7) is 0.